The first-order valence-corrected chi connectivity index (χ1v) is 2.96. The molecule has 10 heavy (non-hydrogen) atoms. The van der Waals surface area contributed by atoms with E-state index in [2.05, 4.69) is 10.3 Å². The maximum absolute atomic E-state index is 5.10. The van der Waals surface area contributed by atoms with E-state index in [-0.39, 0.29) is 38.2 Å². The fourth-order valence-electron chi connectivity index (χ4n) is 0.679. The fraction of sp³-hybridized carbons (Fsp3) is 0.833. The average molecular weight is 216 g/mol. The molecule has 0 saturated heterocycles. The van der Waals surface area contributed by atoms with Crippen LogP contribution in [0.3, 0.4) is 0 Å². The molecule has 0 saturated carbocycles. The zero-order chi connectivity index (χ0) is 6.91. The normalized spacial score (nSPS) is 20.5. The smallest absolute Gasteiger partial charge is 0.0934 e. The molecule has 1 heterocycles. The van der Waals surface area contributed by atoms with Crippen molar-refractivity contribution in [1.82, 2.24) is 0 Å². The Hall–Kier alpha value is 0.374. The molecule has 55 valence electrons. The minimum Gasteiger partial charge on any atom is -0.501 e. The van der Waals surface area contributed by atoms with Gasteiger partial charge in [0.15, 0.2) is 0 Å². The van der Waals surface area contributed by atoms with Crippen LogP contribution in [0.5, 0.6) is 0 Å². The molecule has 3 nitrogen and oxygen atoms in total. The summed E-state index contributed by atoms with van der Waals surface area (Å²) in [6.45, 7) is 4.69. The Kier molecular flexibility index (Phi) is 3.81. The van der Waals surface area contributed by atoms with Crippen LogP contribution < -0.4 is 0 Å². The molecule has 0 aromatic carbocycles. The zero-order valence-electron chi connectivity index (χ0n) is 6.59. The Morgan fingerprint density at radius 3 is 2.40 bits per heavy atom. The maximum atomic E-state index is 5.10. The number of rotatable bonds is 0. The van der Waals surface area contributed by atoms with E-state index in [1.54, 1.807) is 7.05 Å². The first-order chi connectivity index (χ1) is 4.14. The van der Waals surface area contributed by atoms with Gasteiger partial charge in [-0.1, -0.05) is 20.9 Å². The Labute approximate surface area is 86.5 Å². The first kappa shape index (κ1) is 10.4. The molecule has 1 rings (SSSR count). The van der Waals surface area contributed by atoms with Crippen LogP contribution >= 0.6 is 0 Å². The number of hydrogen-bond donors (Lipinski definition) is 0. The molecule has 0 bridgehead atoms. The predicted molar refractivity (Wildman–Crippen MR) is 36.7 cm³/mol. The van der Waals surface area contributed by atoms with E-state index in [1.165, 1.54) is 0 Å². The molecule has 0 aliphatic carbocycles. The summed E-state index contributed by atoms with van der Waals surface area (Å²) in [6, 6.07) is 0.528. The number of aliphatic imine (C=N–C) groups is 1. The van der Waals surface area contributed by atoms with Crippen molar-refractivity contribution >= 4 is 6.02 Å². The fourth-order valence-corrected chi connectivity index (χ4v) is 0.679. The first-order valence-electron chi connectivity index (χ1n) is 2.96. The standard InChI is InChI=1S/C6H11N2O.Y/c1-6(2)4-9-5(7-3)8-6;/h4H2,1-3H3;/q-1;. The predicted octanol–water partition coefficient (Wildman–Crippen LogP) is 1.15. The van der Waals surface area contributed by atoms with Crippen LogP contribution in [0, 0.1) is 0 Å². The van der Waals surface area contributed by atoms with Gasteiger partial charge in [-0.25, -0.2) is 0 Å². The second-order valence-electron chi connectivity index (χ2n) is 2.72. The average Bonchev–Trinajstić information content (AvgIpc) is 2.10. The maximum Gasteiger partial charge on any atom is 0.0934 e. The molecule has 0 unspecified atom stereocenters. The van der Waals surface area contributed by atoms with Crippen LogP contribution in [-0.2, 0) is 37.4 Å². The van der Waals surface area contributed by atoms with Gasteiger partial charge >= 0.3 is 0 Å². The quantitative estimate of drug-likeness (QED) is 0.598. The van der Waals surface area contributed by atoms with E-state index in [1.807, 2.05) is 13.8 Å². The number of ether oxygens (including phenoxy) is 1. The van der Waals surface area contributed by atoms with Crippen LogP contribution in [0.4, 0.5) is 0 Å². The monoisotopic (exact) mass is 216 g/mol. The van der Waals surface area contributed by atoms with Crippen molar-refractivity contribution in [3.63, 3.8) is 0 Å². The molecule has 0 N–H and O–H groups in total. The van der Waals surface area contributed by atoms with E-state index in [4.69, 9.17) is 4.74 Å². The third kappa shape index (κ3) is 2.55. The Bertz CT molecular complexity index is 145. The summed E-state index contributed by atoms with van der Waals surface area (Å²) in [6.07, 6.45) is 0. The summed E-state index contributed by atoms with van der Waals surface area (Å²) in [7, 11) is 1.68. The van der Waals surface area contributed by atoms with Crippen LogP contribution in [0.25, 0.3) is 5.32 Å². The van der Waals surface area contributed by atoms with Crippen molar-refractivity contribution in [3.8, 4) is 0 Å². The number of nitrogens with zero attached hydrogens (tertiary/aromatic N) is 2. The van der Waals surface area contributed by atoms with Gasteiger partial charge in [0.05, 0.1) is 12.6 Å². The van der Waals surface area contributed by atoms with Crippen molar-refractivity contribution in [1.29, 1.82) is 0 Å². The van der Waals surface area contributed by atoms with Gasteiger partial charge in [0, 0.05) is 38.2 Å². The number of hydrogen-bond acceptors (Lipinski definition) is 2. The summed E-state index contributed by atoms with van der Waals surface area (Å²) >= 11 is 0. The van der Waals surface area contributed by atoms with Gasteiger partial charge in [-0.05, 0) is 0 Å². The van der Waals surface area contributed by atoms with Crippen molar-refractivity contribution in [2.75, 3.05) is 13.7 Å². The molecular formula is C6H11N2OY-. The second-order valence-corrected chi connectivity index (χ2v) is 2.72. The molecule has 1 aliphatic rings. The molecule has 0 aromatic rings. The Morgan fingerprint density at radius 2 is 2.20 bits per heavy atom. The van der Waals surface area contributed by atoms with Gasteiger partial charge in [0.1, 0.15) is 0 Å². The minimum atomic E-state index is -0.0607. The molecular weight excluding hydrogens is 205 g/mol. The van der Waals surface area contributed by atoms with Crippen LogP contribution in [0.1, 0.15) is 13.8 Å². The summed E-state index contributed by atoms with van der Waals surface area (Å²) in [4.78, 5) is 4.17. The van der Waals surface area contributed by atoms with E-state index >= 15 is 0 Å². The third-order valence-electron chi connectivity index (χ3n) is 1.14. The van der Waals surface area contributed by atoms with E-state index in [0.29, 0.717) is 12.6 Å². The topological polar surface area (TPSA) is 35.7 Å². The SMILES string of the molecule is C[N-]C1=NC(C)(C)CO1.[Y]. The van der Waals surface area contributed by atoms with E-state index in [9.17, 15) is 0 Å². The molecule has 0 fully saturated rings. The van der Waals surface area contributed by atoms with Gasteiger partial charge in [0.2, 0.25) is 0 Å². The van der Waals surface area contributed by atoms with E-state index < -0.39 is 0 Å². The molecule has 1 aliphatic heterocycles. The van der Waals surface area contributed by atoms with Crippen molar-refractivity contribution < 1.29 is 37.4 Å². The van der Waals surface area contributed by atoms with Crippen molar-refractivity contribution in [2.24, 2.45) is 4.99 Å². The second kappa shape index (κ2) is 3.68. The van der Waals surface area contributed by atoms with Gasteiger partial charge in [-0.3, -0.25) is 0 Å². The molecule has 0 atom stereocenters. The van der Waals surface area contributed by atoms with Crippen LogP contribution in [0.2, 0.25) is 0 Å². The summed E-state index contributed by atoms with van der Waals surface area (Å²) in [5.74, 6) is 0. The molecule has 1 radical (unpaired) electrons. The summed E-state index contributed by atoms with van der Waals surface area (Å²) in [5, 5.41) is 3.81. The van der Waals surface area contributed by atoms with Crippen molar-refractivity contribution in [2.45, 2.75) is 19.4 Å². The van der Waals surface area contributed by atoms with Crippen molar-refractivity contribution in [3.05, 3.63) is 5.32 Å². The van der Waals surface area contributed by atoms with Crippen LogP contribution in [-0.4, -0.2) is 25.2 Å². The zero-order valence-corrected chi connectivity index (χ0v) is 9.43. The Balaban J connectivity index is 0.000000810. The van der Waals surface area contributed by atoms with Gasteiger partial charge < -0.3 is 15.0 Å². The third-order valence-corrected chi connectivity index (χ3v) is 1.14. The van der Waals surface area contributed by atoms with Gasteiger partial charge in [0.25, 0.3) is 0 Å². The van der Waals surface area contributed by atoms with Gasteiger partial charge in [-0.2, -0.15) is 0 Å². The molecule has 0 amide bonds. The summed E-state index contributed by atoms with van der Waals surface area (Å²) < 4.78 is 5.10. The molecule has 4 heteroatoms. The number of amidine groups is 1. The van der Waals surface area contributed by atoms with E-state index in [0.717, 1.165) is 0 Å². The Morgan fingerprint density at radius 1 is 1.60 bits per heavy atom. The minimum absolute atomic E-state index is 0. The van der Waals surface area contributed by atoms with Gasteiger partial charge in [-0.15, -0.1) is 0 Å². The summed E-state index contributed by atoms with van der Waals surface area (Å²) in [5.41, 5.74) is -0.0607. The molecule has 0 aromatic heterocycles. The largest absolute Gasteiger partial charge is 0.501 e. The molecule has 0 spiro atoms. The van der Waals surface area contributed by atoms with Crippen LogP contribution in [0.15, 0.2) is 4.99 Å².